The Morgan fingerprint density at radius 2 is 1.15 bits per heavy atom. The lowest BCUT2D eigenvalue weighted by Crippen LogP contribution is -2.53. The van der Waals surface area contributed by atoms with Crippen LogP contribution in [0.25, 0.3) is 0 Å². The van der Waals surface area contributed by atoms with E-state index in [1.165, 1.54) is 21.9 Å². The smallest absolute Gasteiger partial charge is 0.432 e. The van der Waals surface area contributed by atoms with Crippen molar-refractivity contribution < 1.29 is 48.8 Å². The molecule has 0 aliphatic heterocycles. The maximum atomic E-state index is 13.2. The Bertz CT molecular complexity index is 1290. The topological polar surface area (TPSA) is 83.5 Å². The van der Waals surface area contributed by atoms with E-state index in [-0.39, 0.29) is 16.7 Å². The number of ether oxygens (including phenoxy) is 1. The molecule has 1 unspecified atom stereocenters. The maximum absolute atomic E-state index is 13.2. The number of esters is 1. The summed E-state index contributed by atoms with van der Waals surface area (Å²) in [6.07, 6.45) is -10.3. The number of rotatable bonds is 6. The second-order valence-corrected chi connectivity index (χ2v) is 12.5. The summed E-state index contributed by atoms with van der Waals surface area (Å²) >= 11 is 0. The molecule has 0 saturated heterocycles. The van der Waals surface area contributed by atoms with Crippen molar-refractivity contribution in [3.05, 3.63) is 90.7 Å². The number of benzene rings is 3. The Hall–Kier alpha value is -3.03. The van der Waals surface area contributed by atoms with Crippen LogP contribution in [0.5, 0.6) is 0 Å². The van der Waals surface area contributed by atoms with Gasteiger partial charge in [-0.05, 0) is 69.3 Å². The van der Waals surface area contributed by atoms with Crippen LogP contribution in [0.1, 0.15) is 20.8 Å². The van der Waals surface area contributed by atoms with Crippen LogP contribution >= 0.6 is 0 Å². The van der Waals surface area contributed by atoms with Crippen LogP contribution in [0.3, 0.4) is 0 Å². The molecule has 5 nitrogen and oxygen atoms in total. The minimum Gasteiger partial charge on any atom is -0.743 e. The number of alkyl halides is 5. The quantitative estimate of drug-likeness (QED) is 0.140. The van der Waals surface area contributed by atoms with E-state index in [9.17, 15) is 44.1 Å². The van der Waals surface area contributed by atoms with Crippen LogP contribution in [0, 0.1) is 11.2 Å². The Morgan fingerprint density at radius 3 is 1.49 bits per heavy atom. The molecule has 13 heteroatoms. The van der Waals surface area contributed by atoms with E-state index < -0.39 is 39.0 Å². The highest BCUT2D eigenvalue weighted by atomic mass is 32.2. The predicted molar refractivity (Wildman–Crippen MR) is 131 cm³/mol. The molecule has 3 aromatic carbocycles. The fraction of sp³-hybridized carbons (Fsp3) is 0.269. The van der Waals surface area contributed by atoms with E-state index in [2.05, 4.69) is 29.0 Å². The average molecular weight is 595 g/mol. The van der Waals surface area contributed by atoms with Crippen molar-refractivity contribution >= 4 is 27.0 Å². The lowest BCUT2D eigenvalue weighted by molar-refractivity contribution is -0.262. The normalized spacial score (nSPS) is 13.3. The second kappa shape index (κ2) is 12.4. The van der Waals surface area contributed by atoms with E-state index in [0.717, 1.165) is 25.7 Å². The molecule has 39 heavy (non-hydrogen) atoms. The van der Waals surface area contributed by atoms with Crippen LogP contribution in [0.2, 0.25) is 0 Å². The predicted octanol–water partition coefficient (Wildman–Crippen LogP) is 6.57. The van der Waals surface area contributed by atoms with Gasteiger partial charge in [0.25, 0.3) is 6.10 Å². The van der Waals surface area contributed by atoms with Gasteiger partial charge in [-0.3, -0.25) is 4.79 Å². The fourth-order valence-electron chi connectivity index (χ4n) is 2.83. The monoisotopic (exact) mass is 594 g/mol. The van der Waals surface area contributed by atoms with Gasteiger partial charge in [0.05, 0.1) is 16.3 Å². The highest BCUT2D eigenvalue weighted by Gasteiger charge is 2.63. The molecule has 0 N–H and O–H groups in total. The van der Waals surface area contributed by atoms with Gasteiger partial charge in [-0.2, -0.15) is 22.0 Å². The SMILES string of the molecule is CC(C)(C)C(=O)OC(C(F)(F)F)C(F)(F)S(=O)(=O)[O-].Fc1ccc([S+](c2ccccc2)c2ccccc2)cc1. The number of carbonyl (C=O) groups excluding carboxylic acids is 1. The van der Waals surface area contributed by atoms with Crippen molar-refractivity contribution in [3.8, 4) is 0 Å². The molecule has 0 aliphatic rings. The van der Waals surface area contributed by atoms with Gasteiger partial charge in [-0.25, -0.2) is 12.8 Å². The highest BCUT2D eigenvalue weighted by Crippen LogP contribution is 2.39. The summed E-state index contributed by atoms with van der Waals surface area (Å²) in [7, 11) is -6.85. The zero-order chi connectivity index (χ0) is 29.6. The van der Waals surface area contributed by atoms with Crippen LogP contribution in [0.15, 0.2) is 99.6 Å². The molecular weight excluding hydrogens is 570 g/mol. The average Bonchev–Trinajstić information content (AvgIpc) is 2.83. The van der Waals surface area contributed by atoms with Crippen LogP contribution < -0.4 is 0 Å². The second-order valence-electron chi connectivity index (χ2n) is 8.98. The van der Waals surface area contributed by atoms with E-state index in [1.54, 1.807) is 0 Å². The molecule has 3 rings (SSSR count). The molecule has 0 bridgehead atoms. The van der Waals surface area contributed by atoms with Gasteiger partial charge in [0.1, 0.15) is 5.82 Å². The van der Waals surface area contributed by atoms with Gasteiger partial charge in [0.2, 0.25) is 0 Å². The minimum atomic E-state index is -6.66. The molecule has 0 amide bonds. The van der Waals surface area contributed by atoms with Crippen molar-refractivity contribution in [1.29, 1.82) is 0 Å². The summed E-state index contributed by atoms with van der Waals surface area (Å²) in [5.74, 6) is -1.92. The van der Waals surface area contributed by atoms with Crippen molar-refractivity contribution in [1.82, 2.24) is 0 Å². The van der Waals surface area contributed by atoms with Gasteiger partial charge in [0.15, 0.2) is 24.8 Å². The minimum absolute atomic E-state index is 0.190. The van der Waals surface area contributed by atoms with Crippen LogP contribution in [-0.4, -0.2) is 36.5 Å². The Kier molecular flexibility index (Phi) is 10.3. The maximum Gasteiger partial charge on any atom is 0.432 e. The zero-order valence-electron chi connectivity index (χ0n) is 20.8. The first kappa shape index (κ1) is 32.2. The summed E-state index contributed by atoms with van der Waals surface area (Å²) in [6, 6.07) is 27.5. The van der Waals surface area contributed by atoms with Crippen LogP contribution in [-0.2, 0) is 30.5 Å². The standard InChI is InChI=1S/C18H14FS.C8H11F5O5S/c19-15-11-13-18(14-12-15)20(16-7-3-1-4-8-16)17-9-5-2-6-10-17;1-6(2,3)5(14)18-4(7(9,10)11)8(12,13)19(15,16)17/h1-14H;4H,1-3H3,(H,15,16,17)/q+1;/p-1. The number of hydrogen-bond donors (Lipinski definition) is 0. The lowest BCUT2D eigenvalue weighted by atomic mass is 9.97. The Labute approximate surface area is 224 Å². The molecule has 0 aromatic heterocycles. The Morgan fingerprint density at radius 1 is 0.769 bits per heavy atom. The third kappa shape index (κ3) is 8.73. The van der Waals surface area contributed by atoms with Gasteiger partial charge >= 0.3 is 17.4 Å². The molecule has 0 spiro atoms. The third-order valence-electron chi connectivity index (χ3n) is 4.78. The zero-order valence-corrected chi connectivity index (χ0v) is 22.4. The van der Waals surface area contributed by atoms with E-state index in [1.807, 2.05) is 48.5 Å². The fourth-order valence-corrected chi connectivity index (χ4v) is 5.36. The third-order valence-corrected chi connectivity index (χ3v) is 7.89. The number of hydrogen-bond acceptors (Lipinski definition) is 5. The first-order chi connectivity index (χ1) is 17.9. The first-order valence-corrected chi connectivity index (χ1v) is 13.7. The summed E-state index contributed by atoms with van der Waals surface area (Å²) in [6.45, 7) is 3.19. The molecule has 0 aliphatic carbocycles. The molecule has 1 atom stereocenters. The molecule has 0 heterocycles. The molecule has 212 valence electrons. The molecule has 3 aromatic rings. The van der Waals surface area contributed by atoms with Crippen molar-refractivity contribution in [2.75, 3.05) is 0 Å². The van der Waals surface area contributed by atoms with E-state index in [4.69, 9.17) is 0 Å². The summed E-state index contributed by atoms with van der Waals surface area (Å²) < 4.78 is 110. The van der Waals surface area contributed by atoms with Crippen molar-refractivity contribution in [2.45, 2.75) is 53.0 Å². The summed E-state index contributed by atoms with van der Waals surface area (Å²) in [4.78, 5) is 14.8. The lowest BCUT2D eigenvalue weighted by Gasteiger charge is -2.31. The van der Waals surface area contributed by atoms with E-state index >= 15 is 0 Å². The number of halogens is 6. The van der Waals surface area contributed by atoms with Gasteiger partial charge in [-0.15, -0.1) is 0 Å². The summed E-state index contributed by atoms with van der Waals surface area (Å²) in [5.41, 5.74) is -1.59. The van der Waals surface area contributed by atoms with Gasteiger partial charge in [-0.1, -0.05) is 36.4 Å². The van der Waals surface area contributed by atoms with Crippen LogP contribution in [0.4, 0.5) is 26.3 Å². The van der Waals surface area contributed by atoms with Crippen molar-refractivity contribution in [2.24, 2.45) is 5.41 Å². The molecular formula is C26H24F6O5S2. The number of carbonyl (C=O) groups is 1. The van der Waals surface area contributed by atoms with Gasteiger partial charge in [0, 0.05) is 0 Å². The van der Waals surface area contributed by atoms with Crippen molar-refractivity contribution in [3.63, 3.8) is 0 Å². The largest absolute Gasteiger partial charge is 0.743 e. The van der Waals surface area contributed by atoms with E-state index in [0.29, 0.717) is 0 Å². The first-order valence-electron chi connectivity index (χ1n) is 11.1. The van der Waals surface area contributed by atoms with Gasteiger partial charge < -0.3 is 9.29 Å². The highest BCUT2D eigenvalue weighted by molar-refractivity contribution is 7.97. The molecule has 0 radical (unpaired) electrons. The molecule has 0 saturated carbocycles. The summed E-state index contributed by atoms with van der Waals surface area (Å²) in [5, 5.41) is -5.81. The Balaban J connectivity index is 0.000000274. The molecule has 0 fully saturated rings.